The Balaban J connectivity index is 1.40. The molecule has 1 aromatic heterocycles. The molecule has 0 spiro atoms. The molecular formula is C21H18FN3O4. The summed E-state index contributed by atoms with van der Waals surface area (Å²) < 4.78 is 30.7. The van der Waals surface area contributed by atoms with Gasteiger partial charge in [-0.05, 0) is 36.3 Å². The van der Waals surface area contributed by atoms with E-state index in [-0.39, 0.29) is 19.0 Å². The van der Waals surface area contributed by atoms with Crippen LogP contribution in [-0.4, -0.2) is 43.5 Å². The van der Waals surface area contributed by atoms with E-state index >= 15 is 0 Å². The van der Waals surface area contributed by atoms with Crippen molar-refractivity contribution in [3.8, 4) is 11.9 Å². The lowest BCUT2D eigenvalue weighted by molar-refractivity contribution is 0.103. The Morgan fingerprint density at radius 3 is 2.93 bits per heavy atom. The average molecular weight is 395 g/mol. The van der Waals surface area contributed by atoms with Crippen molar-refractivity contribution in [1.29, 1.82) is 5.26 Å². The molecule has 8 heteroatoms. The summed E-state index contributed by atoms with van der Waals surface area (Å²) >= 11 is 0. The topological polar surface area (TPSA) is 84.7 Å². The molecule has 1 saturated heterocycles. The van der Waals surface area contributed by atoms with Gasteiger partial charge < -0.3 is 14.2 Å². The maximum atomic E-state index is 14.6. The van der Waals surface area contributed by atoms with Crippen LogP contribution < -0.4 is 9.64 Å². The first-order valence-electron chi connectivity index (χ1n) is 9.18. The Bertz CT molecular complexity index is 984. The first-order chi connectivity index (χ1) is 14.1. The number of rotatable bonds is 5. The number of cyclic esters (lactones) is 1. The van der Waals surface area contributed by atoms with E-state index < -0.39 is 12.2 Å². The summed E-state index contributed by atoms with van der Waals surface area (Å²) in [5, 5.41) is 8.78. The number of ether oxygens (including phenoxy) is 3. The van der Waals surface area contributed by atoms with E-state index in [1.165, 1.54) is 17.2 Å². The molecule has 3 heterocycles. The largest absolute Gasteiger partial charge is 0.474 e. The predicted molar refractivity (Wildman–Crippen MR) is 102 cm³/mol. The fraction of sp³-hybridized carbons (Fsp3) is 0.286. The minimum absolute atomic E-state index is 0.106. The van der Waals surface area contributed by atoms with Crippen molar-refractivity contribution in [3.05, 3.63) is 59.5 Å². The lowest BCUT2D eigenvalue weighted by Crippen LogP contribution is -2.26. The number of carbonyl (C=O) groups excluding carboxylic acids is 1. The molecule has 0 radical (unpaired) electrons. The molecule has 1 aromatic carbocycles. The van der Waals surface area contributed by atoms with Crippen LogP contribution in [0.2, 0.25) is 0 Å². The molecule has 2 aliphatic heterocycles. The quantitative estimate of drug-likeness (QED) is 0.772. The molecule has 1 fully saturated rings. The first-order valence-corrected chi connectivity index (χ1v) is 9.18. The number of pyridine rings is 1. The molecule has 0 aliphatic carbocycles. The van der Waals surface area contributed by atoms with Crippen LogP contribution in [0.25, 0.3) is 5.57 Å². The molecule has 7 nitrogen and oxygen atoms in total. The molecule has 148 valence electrons. The van der Waals surface area contributed by atoms with Gasteiger partial charge in [-0.1, -0.05) is 6.08 Å². The number of nitriles is 1. The van der Waals surface area contributed by atoms with Gasteiger partial charge in [0.05, 0.1) is 31.0 Å². The van der Waals surface area contributed by atoms with Crippen LogP contribution in [0.3, 0.4) is 0 Å². The number of hydrogen-bond acceptors (Lipinski definition) is 6. The predicted octanol–water partition coefficient (Wildman–Crippen LogP) is 3.30. The highest BCUT2D eigenvalue weighted by Crippen LogP contribution is 2.29. The summed E-state index contributed by atoms with van der Waals surface area (Å²) in [4.78, 5) is 17.6. The molecule has 0 bridgehead atoms. The van der Waals surface area contributed by atoms with Crippen LogP contribution in [-0.2, 0) is 9.47 Å². The second-order valence-corrected chi connectivity index (χ2v) is 6.64. The van der Waals surface area contributed by atoms with E-state index in [1.54, 1.807) is 24.3 Å². The number of halogens is 1. The van der Waals surface area contributed by atoms with Gasteiger partial charge in [-0.3, -0.25) is 4.90 Å². The molecule has 1 atom stereocenters. The van der Waals surface area contributed by atoms with Gasteiger partial charge in [-0.15, -0.1) is 0 Å². The summed E-state index contributed by atoms with van der Waals surface area (Å²) in [6.07, 6.45) is 2.87. The SMILES string of the molecule is N#Cc1ccc(OC[C@H]2CN(c3ccc(C4=CCOCC4)c(F)c3)C(=O)O2)nc1. The second kappa shape index (κ2) is 8.29. The zero-order valence-corrected chi connectivity index (χ0v) is 15.5. The van der Waals surface area contributed by atoms with Gasteiger partial charge in [-0.2, -0.15) is 5.26 Å². The Labute approximate surface area is 166 Å². The number of benzene rings is 1. The summed E-state index contributed by atoms with van der Waals surface area (Å²) in [7, 11) is 0. The first kappa shape index (κ1) is 18.9. The Morgan fingerprint density at radius 1 is 1.34 bits per heavy atom. The minimum atomic E-state index is -0.552. The van der Waals surface area contributed by atoms with Crippen LogP contribution in [0.1, 0.15) is 17.5 Å². The van der Waals surface area contributed by atoms with Gasteiger partial charge in [0.15, 0.2) is 6.10 Å². The molecule has 4 rings (SSSR count). The lowest BCUT2D eigenvalue weighted by Gasteiger charge is -2.17. The fourth-order valence-electron chi connectivity index (χ4n) is 3.23. The maximum absolute atomic E-state index is 14.6. The zero-order chi connectivity index (χ0) is 20.2. The smallest absolute Gasteiger partial charge is 0.414 e. The Hall–Kier alpha value is -3.44. The van der Waals surface area contributed by atoms with Crippen molar-refractivity contribution in [3.63, 3.8) is 0 Å². The monoisotopic (exact) mass is 395 g/mol. The van der Waals surface area contributed by atoms with Gasteiger partial charge in [0.2, 0.25) is 5.88 Å². The van der Waals surface area contributed by atoms with Crippen molar-refractivity contribution in [2.45, 2.75) is 12.5 Å². The average Bonchev–Trinajstić information content (AvgIpc) is 3.13. The highest BCUT2D eigenvalue weighted by atomic mass is 19.1. The Kier molecular flexibility index (Phi) is 5.40. The lowest BCUT2D eigenvalue weighted by atomic mass is 10.0. The van der Waals surface area contributed by atoms with Gasteiger partial charge in [0.1, 0.15) is 18.5 Å². The van der Waals surface area contributed by atoms with Gasteiger partial charge in [-0.25, -0.2) is 14.2 Å². The van der Waals surface area contributed by atoms with Gasteiger partial charge in [0, 0.05) is 17.8 Å². The summed E-state index contributed by atoms with van der Waals surface area (Å²) in [6.45, 7) is 1.39. The molecule has 1 amide bonds. The van der Waals surface area contributed by atoms with E-state index in [1.807, 2.05) is 12.1 Å². The van der Waals surface area contributed by atoms with Crippen LogP contribution in [0, 0.1) is 17.1 Å². The van der Waals surface area contributed by atoms with Crippen LogP contribution in [0.4, 0.5) is 14.9 Å². The zero-order valence-electron chi connectivity index (χ0n) is 15.5. The van der Waals surface area contributed by atoms with Crippen molar-refractivity contribution in [2.24, 2.45) is 0 Å². The minimum Gasteiger partial charge on any atom is -0.474 e. The number of anilines is 1. The van der Waals surface area contributed by atoms with E-state index in [0.717, 1.165) is 5.57 Å². The molecule has 29 heavy (non-hydrogen) atoms. The third-order valence-corrected chi connectivity index (χ3v) is 4.73. The highest BCUT2D eigenvalue weighted by molar-refractivity contribution is 5.90. The van der Waals surface area contributed by atoms with Gasteiger partial charge in [0.25, 0.3) is 0 Å². The molecule has 2 aromatic rings. The van der Waals surface area contributed by atoms with E-state index in [4.69, 9.17) is 19.5 Å². The molecule has 0 N–H and O–H groups in total. The van der Waals surface area contributed by atoms with Crippen molar-refractivity contribution in [2.75, 3.05) is 31.3 Å². The Morgan fingerprint density at radius 2 is 2.24 bits per heavy atom. The standard InChI is InChI=1S/C21H18FN3O4/c22-19-9-16(2-3-18(19)15-5-7-27-8-6-15)25-12-17(29-21(25)26)13-28-20-4-1-14(10-23)11-24-20/h1-5,9,11,17H,6-8,12-13H2/t17-/m1/s1. The normalized spacial score (nSPS) is 18.8. The van der Waals surface area contributed by atoms with Gasteiger partial charge >= 0.3 is 6.09 Å². The number of amides is 1. The van der Waals surface area contributed by atoms with Crippen molar-refractivity contribution >= 4 is 17.4 Å². The van der Waals surface area contributed by atoms with Crippen LogP contribution in [0.5, 0.6) is 5.88 Å². The van der Waals surface area contributed by atoms with Crippen LogP contribution in [0.15, 0.2) is 42.6 Å². The molecule has 2 aliphatic rings. The van der Waals surface area contributed by atoms with Crippen LogP contribution >= 0.6 is 0 Å². The third kappa shape index (κ3) is 4.20. The molecular weight excluding hydrogens is 377 g/mol. The molecule has 0 saturated carbocycles. The second-order valence-electron chi connectivity index (χ2n) is 6.64. The number of carbonyl (C=O) groups is 1. The number of hydrogen-bond donors (Lipinski definition) is 0. The fourth-order valence-corrected chi connectivity index (χ4v) is 3.23. The molecule has 0 unspecified atom stereocenters. The van der Waals surface area contributed by atoms with E-state index in [0.29, 0.717) is 42.3 Å². The summed E-state index contributed by atoms with van der Waals surface area (Å²) in [5.74, 6) is -0.0523. The van der Waals surface area contributed by atoms with E-state index in [2.05, 4.69) is 4.98 Å². The summed E-state index contributed by atoms with van der Waals surface area (Å²) in [6, 6.07) is 9.88. The third-order valence-electron chi connectivity index (χ3n) is 4.73. The number of nitrogens with zero attached hydrogens (tertiary/aromatic N) is 3. The summed E-state index contributed by atoms with van der Waals surface area (Å²) in [5.41, 5.74) is 2.29. The van der Waals surface area contributed by atoms with Crippen molar-refractivity contribution < 1.29 is 23.4 Å². The number of aromatic nitrogens is 1. The van der Waals surface area contributed by atoms with Crippen molar-refractivity contribution in [1.82, 2.24) is 4.98 Å². The van der Waals surface area contributed by atoms with E-state index in [9.17, 15) is 9.18 Å². The highest BCUT2D eigenvalue weighted by Gasteiger charge is 2.33. The maximum Gasteiger partial charge on any atom is 0.414 e.